The summed E-state index contributed by atoms with van der Waals surface area (Å²) >= 11 is 0. The van der Waals surface area contributed by atoms with Gasteiger partial charge in [0, 0.05) is 29.4 Å². The molecule has 10 rings (SSSR count). The zero-order valence-electron chi connectivity index (χ0n) is 35.2. The van der Waals surface area contributed by atoms with E-state index in [-0.39, 0.29) is 21.1 Å². The SMILES string of the molecule is Cc1ccc(-c2cc(-c3[c-]c(Oc4[c-]c5c(cc4)c4cc(-c6ccc(-c7ccc(-c8ccccc8)cc7)cc6)ccc4n5-c4cc(C)c(C)cn4)ccc3)ncc2C)c(C)c1.[Pt+2]. The molecule has 0 aliphatic rings. The van der Waals surface area contributed by atoms with Gasteiger partial charge in [0.25, 0.3) is 0 Å². The van der Waals surface area contributed by atoms with E-state index in [1.54, 1.807) is 0 Å². The first-order valence-corrected chi connectivity index (χ1v) is 20.7. The van der Waals surface area contributed by atoms with E-state index in [2.05, 4.69) is 185 Å². The van der Waals surface area contributed by atoms with Crippen LogP contribution in [0.15, 0.2) is 170 Å². The topological polar surface area (TPSA) is 39.9 Å². The Balaban J connectivity index is 0.00000490. The van der Waals surface area contributed by atoms with Crippen molar-refractivity contribution in [3.63, 3.8) is 0 Å². The Morgan fingerprint density at radius 1 is 0.452 bits per heavy atom. The summed E-state index contributed by atoms with van der Waals surface area (Å²) < 4.78 is 8.74. The molecule has 3 heterocycles. The minimum Gasteiger partial charge on any atom is -0.503 e. The average molecular weight is 981 g/mol. The van der Waals surface area contributed by atoms with Gasteiger partial charge in [0.15, 0.2) is 0 Å². The number of benzene rings is 7. The maximum Gasteiger partial charge on any atom is 2.00 e. The Labute approximate surface area is 377 Å². The first-order chi connectivity index (χ1) is 29.8. The van der Waals surface area contributed by atoms with Crippen LogP contribution in [0.3, 0.4) is 0 Å². The molecule has 0 unspecified atom stereocenters. The summed E-state index contributed by atoms with van der Waals surface area (Å²) in [6.07, 6.45) is 3.89. The standard InChI is InChI=1S/C57H43N3O.Pt/c1-36-14-25-50(38(3)28-36)52-33-54(58-35-40(52)5)47-12-9-13-48(30-47)61-49-24-26-51-53-31-46(23-27-55(53)60(56(51)32-49)57-29-37(2)39(4)34-59-57)45-21-19-44(20-22-45)43-17-15-42(16-18-43)41-10-7-6-8-11-41;/h6-29,31,33-35H,1-5H3;/q-2;+2. The molecule has 0 aliphatic heterocycles. The number of hydrogen-bond acceptors (Lipinski definition) is 3. The second-order valence-corrected chi connectivity index (χ2v) is 16.0. The molecule has 7 aromatic carbocycles. The molecule has 302 valence electrons. The van der Waals surface area contributed by atoms with Crippen LogP contribution in [0.4, 0.5) is 0 Å². The minimum atomic E-state index is 0. The van der Waals surface area contributed by atoms with E-state index in [1.165, 1.54) is 50.1 Å². The number of pyridine rings is 2. The van der Waals surface area contributed by atoms with Crippen molar-refractivity contribution in [3.05, 3.63) is 210 Å². The molecule has 0 radical (unpaired) electrons. The predicted molar refractivity (Wildman–Crippen MR) is 251 cm³/mol. The summed E-state index contributed by atoms with van der Waals surface area (Å²) in [5.74, 6) is 2.02. The van der Waals surface area contributed by atoms with Crippen molar-refractivity contribution in [1.29, 1.82) is 0 Å². The summed E-state index contributed by atoms with van der Waals surface area (Å²) in [6.45, 7) is 10.6. The zero-order chi connectivity index (χ0) is 41.6. The molecule has 5 heteroatoms. The normalized spacial score (nSPS) is 11.2. The van der Waals surface area contributed by atoms with Crippen LogP contribution in [-0.4, -0.2) is 14.5 Å². The van der Waals surface area contributed by atoms with Crippen molar-refractivity contribution in [3.8, 4) is 73.1 Å². The van der Waals surface area contributed by atoms with Crippen LogP contribution in [0, 0.1) is 46.8 Å². The number of aromatic nitrogens is 3. The van der Waals surface area contributed by atoms with Gasteiger partial charge in [0.05, 0.1) is 0 Å². The van der Waals surface area contributed by atoms with Crippen molar-refractivity contribution in [2.75, 3.05) is 0 Å². The quantitative estimate of drug-likeness (QED) is 0.142. The number of nitrogens with zero attached hydrogens (tertiary/aromatic N) is 3. The van der Waals surface area contributed by atoms with E-state index in [4.69, 9.17) is 14.7 Å². The largest absolute Gasteiger partial charge is 2.00 e. The fraction of sp³-hybridized carbons (Fsp3) is 0.0877. The van der Waals surface area contributed by atoms with Gasteiger partial charge < -0.3 is 14.3 Å². The van der Waals surface area contributed by atoms with E-state index in [1.807, 2.05) is 36.7 Å². The van der Waals surface area contributed by atoms with Crippen LogP contribution in [0.1, 0.15) is 27.8 Å². The summed E-state index contributed by atoms with van der Waals surface area (Å²) in [5.41, 5.74) is 19.1. The van der Waals surface area contributed by atoms with Gasteiger partial charge in [-0.05, 0) is 125 Å². The number of aryl methyl sites for hydroxylation is 5. The molecule has 0 bridgehead atoms. The summed E-state index contributed by atoms with van der Waals surface area (Å²) in [4.78, 5) is 9.72. The van der Waals surface area contributed by atoms with Crippen LogP contribution in [0.2, 0.25) is 0 Å². The Hall–Kier alpha value is -6.87. The monoisotopic (exact) mass is 980 g/mol. The van der Waals surface area contributed by atoms with Crippen LogP contribution >= 0.6 is 0 Å². The first kappa shape index (κ1) is 40.5. The van der Waals surface area contributed by atoms with Gasteiger partial charge in [-0.25, -0.2) is 4.98 Å². The van der Waals surface area contributed by atoms with Crippen LogP contribution in [0.25, 0.3) is 83.4 Å². The molecule has 0 fully saturated rings. The smallest absolute Gasteiger partial charge is 0.503 e. The van der Waals surface area contributed by atoms with Crippen LogP contribution < -0.4 is 4.74 Å². The molecule has 4 nitrogen and oxygen atoms in total. The van der Waals surface area contributed by atoms with E-state index in [0.29, 0.717) is 11.5 Å². The van der Waals surface area contributed by atoms with Gasteiger partial charge in [0.2, 0.25) is 0 Å². The van der Waals surface area contributed by atoms with E-state index >= 15 is 0 Å². The molecular formula is C57H43N3OPt. The summed E-state index contributed by atoms with van der Waals surface area (Å²) in [7, 11) is 0. The fourth-order valence-electron chi connectivity index (χ4n) is 8.33. The van der Waals surface area contributed by atoms with Crippen LogP contribution in [-0.2, 0) is 21.1 Å². The number of fused-ring (bicyclic) bond motifs is 3. The third-order valence-electron chi connectivity index (χ3n) is 11.8. The van der Waals surface area contributed by atoms with Gasteiger partial charge in [-0.3, -0.25) is 0 Å². The molecule has 0 aliphatic carbocycles. The van der Waals surface area contributed by atoms with E-state index in [9.17, 15) is 0 Å². The molecule has 3 aromatic heterocycles. The van der Waals surface area contributed by atoms with Gasteiger partial charge in [-0.1, -0.05) is 132 Å². The fourth-order valence-corrected chi connectivity index (χ4v) is 8.33. The maximum atomic E-state index is 6.55. The minimum absolute atomic E-state index is 0. The Bertz CT molecular complexity index is 3260. The predicted octanol–water partition coefficient (Wildman–Crippen LogP) is 14.8. The number of hydrogen-bond donors (Lipinski definition) is 0. The van der Waals surface area contributed by atoms with Crippen molar-refractivity contribution < 1.29 is 25.8 Å². The van der Waals surface area contributed by atoms with Crippen LogP contribution in [0.5, 0.6) is 11.5 Å². The third kappa shape index (κ3) is 7.79. The van der Waals surface area contributed by atoms with Crippen molar-refractivity contribution in [2.45, 2.75) is 34.6 Å². The molecule has 0 spiro atoms. The van der Waals surface area contributed by atoms with Gasteiger partial charge in [-0.15, -0.1) is 41.3 Å². The Morgan fingerprint density at radius 2 is 1.10 bits per heavy atom. The van der Waals surface area contributed by atoms with E-state index in [0.717, 1.165) is 61.1 Å². The Kier molecular flexibility index (Phi) is 11.0. The van der Waals surface area contributed by atoms with Gasteiger partial charge in [0.1, 0.15) is 5.82 Å². The van der Waals surface area contributed by atoms with Gasteiger partial charge in [-0.2, -0.15) is 6.07 Å². The summed E-state index contributed by atoms with van der Waals surface area (Å²) in [5, 5.41) is 2.19. The number of ether oxygens (including phenoxy) is 1. The number of rotatable bonds is 8. The van der Waals surface area contributed by atoms with E-state index < -0.39 is 0 Å². The molecule has 62 heavy (non-hydrogen) atoms. The van der Waals surface area contributed by atoms with Gasteiger partial charge >= 0.3 is 21.1 Å². The van der Waals surface area contributed by atoms with Crippen molar-refractivity contribution in [1.82, 2.24) is 14.5 Å². The summed E-state index contributed by atoms with van der Waals surface area (Å²) in [6, 6.07) is 62.9. The second-order valence-electron chi connectivity index (χ2n) is 16.0. The molecule has 0 saturated carbocycles. The zero-order valence-corrected chi connectivity index (χ0v) is 37.5. The third-order valence-corrected chi connectivity index (χ3v) is 11.8. The molecular weight excluding hydrogens is 938 g/mol. The Morgan fingerprint density at radius 3 is 1.79 bits per heavy atom. The van der Waals surface area contributed by atoms with Crippen molar-refractivity contribution >= 4 is 21.8 Å². The molecule has 0 N–H and O–H groups in total. The van der Waals surface area contributed by atoms with Crippen molar-refractivity contribution in [2.24, 2.45) is 0 Å². The molecule has 0 saturated heterocycles. The maximum absolute atomic E-state index is 6.55. The first-order valence-electron chi connectivity index (χ1n) is 20.7. The molecule has 0 amide bonds. The second kappa shape index (κ2) is 16.9. The molecule has 10 aromatic rings. The molecule has 0 atom stereocenters. The average Bonchev–Trinajstić information content (AvgIpc) is 3.61.